The number of carbonyl (C=O) groups is 5. The number of unbranched alkanes of at least 4 members (excludes halogenated alkanes) is 4. The molecule has 0 bridgehead atoms. The first-order valence-electron chi connectivity index (χ1n) is 21.3. The van der Waals surface area contributed by atoms with E-state index < -0.39 is 29.7 Å². The number of nitriles is 1. The number of anilines is 2. The first kappa shape index (κ1) is 45.9. The molecular formula is C46H49Cl2N7O9. The van der Waals surface area contributed by atoms with Crippen LogP contribution in [0.1, 0.15) is 84.1 Å². The van der Waals surface area contributed by atoms with Crippen LogP contribution in [0.15, 0.2) is 48.7 Å². The van der Waals surface area contributed by atoms with Crippen molar-refractivity contribution in [2.24, 2.45) is 0 Å². The molecule has 0 spiro atoms. The number of amides is 5. The molecular weight excluding hydrogens is 865 g/mol. The van der Waals surface area contributed by atoms with E-state index in [1.54, 1.807) is 49.6 Å². The summed E-state index contributed by atoms with van der Waals surface area (Å²) in [5.74, 6) is -0.320. The van der Waals surface area contributed by atoms with Crippen LogP contribution in [-0.4, -0.2) is 115 Å². The SMILES string of the molecule is COc1cc(Nc2c(C#N)cnc3cc(OCCCN4CCN(C(=O)CCCCCCCOc5cccc6c5C(=O)N(C5CCC(=O)NC5=O)C6=O)CC4)c(OC)cc23)c(Cl)cc1Cl. The van der Waals surface area contributed by atoms with Gasteiger partial charge >= 0.3 is 0 Å². The van der Waals surface area contributed by atoms with Crippen molar-refractivity contribution in [2.45, 2.75) is 63.8 Å². The van der Waals surface area contributed by atoms with E-state index in [1.807, 2.05) is 4.90 Å². The summed E-state index contributed by atoms with van der Waals surface area (Å²) in [4.78, 5) is 73.0. The first-order chi connectivity index (χ1) is 31.0. The smallest absolute Gasteiger partial charge is 0.266 e. The number of halogens is 2. The van der Waals surface area contributed by atoms with Crippen molar-refractivity contribution < 1.29 is 42.9 Å². The molecule has 1 aromatic heterocycles. The molecule has 2 fully saturated rings. The van der Waals surface area contributed by atoms with Gasteiger partial charge in [0.2, 0.25) is 17.7 Å². The Labute approximate surface area is 380 Å². The van der Waals surface area contributed by atoms with Gasteiger partial charge in [0, 0.05) is 69.3 Å². The molecule has 4 aromatic rings. The Morgan fingerprint density at radius 1 is 0.859 bits per heavy atom. The fourth-order valence-electron chi connectivity index (χ4n) is 8.15. The monoisotopic (exact) mass is 913 g/mol. The number of piperidine rings is 1. The van der Waals surface area contributed by atoms with E-state index in [0.717, 1.165) is 63.1 Å². The molecule has 3 aromatic carbocycles. The summed E-state index contributed by atoms with van der Waals surface area (Å²) in [6.45, 7) is 4.53. The van der Waals surface area contributed by atoms with Crippen LogP contribution in [0.2, 0.25) is 10.0 Å². The number of imide groups is 2. The van der Waals surface area contributed by atoms with E-state index in [0.29, 0.717) is 93.6 Å². The lowest BCUT2D eigenvalue weighted by Crippen LogP contribution is -2.54. The molecule has 3 aliphatic heterocycles. The normalized spacial score (nSPS) is 16.4. The standard InChI is InChI=1S/C46H49Cl2N7O9/c1-61-37-25-34(31(47)23-32(37)48)51-43-28(26-49)27-50-33-24-39(38(62-2)22-30(33)43)64-21-9-15-53-16-18-54(19-17-53)41(57)12-6-4-3-5-7-20-63-36-11-8-10-29-42(36)46(60)55(45(29)59)35-13-14-40(56)52-44(35)58/h8,10-11,22-25,27,35H,3-7,9,12-21H2,1-2H3,(H,50,51)(H,52,56,58). The molecule has 1 atom stereocenters. The number of benzene rings is 3. The van der Waals surface area contributed by atoms with Gasteiger partial charge in [0.25, 0.3) is 11.8 Å². The third-order valence-corrected chi connectivity index (χ3v) is 12.2. The van der Waals surface area contributed by atoms with E-state index in [2.05, 4.69) is 26.6 Å². The lowest BCUT2D eigenvalue weighted by atomic mass is 10.0. The second kappa shape index (κ2) is 21.0. The zero-order chi connectivity index (χ0) is 45.3. The zero-order valence-corrected chi connectivity index (χ0v) is 37.2. The Morgan fingerprint density at radius 2 is 1.59 bits per heavy atom. The Bertz CT molecular complexity index is 2490. The molecule has 1 unspecified atom stereocenters. The van der Waals surface area contributed by atoms with Gasteiger partial charge in [0.1, 0.15) is 23.6 Å². The van der Waals surface area contributed by atoms with Gasteiger partial charge in [0.15, 0.2) is 11.5 Å². The molecule has 0 radical (unpaired) electrons. The summed E-state index contributed by atoms with van der Waals surface area (Å²) in [6, 6.07) is 12.8. The lowest BCUT2D eigenvalue weighted by molar-refractivity contribution is -0.136. The minimum absolute atomic E-state index is 0.0548. The van der Waals surface area contributed by atoms with Gasteiger partial charge in [-0.1, -0.05) is 48.5 Å². The minimum Gasteiger partial charge on any atom is -0.495 e. The number of pyridine rings is 1. The lowest BCUT2D eigenvalue weighted by Gasteiger charge is -2.34. The quantitative estimate of drug-likeness (QED) is 0.0729. The number of ether oxygens (including phenoxy) is 4. The van der Waals surface area contributed by atoms with Crippen molar-refractivity contribution in [3.8, 4) is 29.1 Å². The number of fused-ring (bicyclic) bond motifs is 2. The second-order valence-electron chi connectivity index (χ2n) is 15.7. The van der Waals surface area contributed by atoms with E-state index in [-0.39, 0.29) is 29.9 Å². The average molecular weight is 915 g/mol. The van der Waals surface area contributed by atoms with Crippen molar-refractivity contribution in [2.75, 3.05) is 65.5 Å². The van der Waals surface area contributed by atoms with Crippen molar-refractivity contribution >= 4 is 75.0 Å². The van der Waals surface area contributed by atoms with Gasteiger partial charge in [-0.05, 0) is 49.9 Å². The van der Waals surface area contributed by atoms with Crippen LogP contribution in [0.25, 0.3) is 10.9 Å². The van der Waals surface area contributed by atoms with Crippen LogP contribution in [0, 0.1) is 11.3 Å². The summed E-state index contributed by atoms with van der Waals surface area (Å²) >= 11 is 12.7. The van der Waals surface area contributed by atoms with E-state index in [4.69, 9.17) is 42.1 Å². The maximum atomic E-state index is 13.3. The van der Waals surface area contributed by atoms with E-state index >= 15 is 0 Å². The fourth-order valence-corrected chi connectivity index (χ4v) is 8.66. The third-order valence-electron chi connectivity index (χ3n) is 11.6. The number of nitrogens with one attached hydrogen (secondary N) is 2. The molecule has 18 heteroatoms. The van der Waals surface area contributed by atoms with Gasteiger partial charge in [-0.2, -0.15) is 5.26 Å². The molecule has 4 heterocycles. The van der Waals surface area contributed by atoms with Gasteiger partial charge in [-0.25, -0.2) is 0 Å². The minimum atomic E-state index is -1.03. The summed E-state index contributed by atoms with van der Waals surface area (Å²) in [5, 5.41) is 16.7. The summed E-state index contributed by atoms with van der Waals surface area (Å²) < 4.78 is 23.2. The number of carbonyl (C=O) groups excluding carboxylic acids is 5. The molecule has 2 saturated heterocycles. The second-order valence-corrected chi connectivity index (χ2v) is 16.5. The highest BCUT2D eigenvalue weighted by atomic mass is 35.5. The van der Waals surface area contributed by atoms with Crippen molar-refractivity contribution in [1.82, 2.24) is 25.0 Å². The van der Waals surface area contributed by atoms with E-state index in [9.17, 15) is 29.2 Å². The van der Waals surface area contributed by atoms with E-state index in [1.165, 1.54) is 13.3 Å². The van der Waals surface area contributed by atoms with Crippen LogP contribution < -0.4 is 29.6 Å². The Morgan fingerprint density at radius 3 is 2.34 bits per heavy atom. The predicted octanol–water partition coefficient (Wildman–Crippen LogP) is 6.91. The van der Waals surface area contributed by atoms with Crippen LogP contribution in [0.4, 0.5) is 11.4 Å². The Balaban J connectivity index is 0.789. The van der Waals surface area contributed by atoms with Crippen molar-refractivity contribution in [3.63, 3.8) is 0 Å². The highest BCUT2D eigenvalue weighted by Gasteiger charge is 2.46. The third kappa shape index (κ3) is 10.3. The number of aromatic nitrogens is 1. The van der Waals surface area contributed by atoms with Gasteiger partial charge in [-0.3, -0.25) is 44.1 Å². The molecule has 16 nitrogen and oxygen atoms in total. The molecule has 3 aliphatic rings. The number of hydrogen-bond acceptors (Lipinski definition) is 13. The highest BCUT2D eigenvalue weighted by molar-refractivity contribution is 6.37. The molecule has 7 rings (SSSR count). The highest BCUT2D eigenvalue weighted by Crippen LogP contribution is 2.41. The number of nitrogens with zero attached hydrogens (tertiary/aromatic N) is 5. The largest absolute Gasteiger partial charge is 0.495 e. The molecule has 336 valence electrons. The summed E-state index contributed by atoms with van der Waals surface area (Å²) in [7, 11) is 3.06. The first-order valence-corrected chi connectivity index (χ1v) is 22.1. The predicted molar refractivity (Wildman–Crippen MR) is 239 cm³/mol. The zero-order valence-electron chi connectivity index (χ0n) is 35.7. The topological polar surface area (TPSA) is 193 Å². The fraction of sp³-hybridized carbons (Fsp3) is 0.413. The number of methoxy groups -OCH3 is 2. The maximum Gasteiger partial charge on any atom is 0.266 e. The summed E-state index contributed by atoms with van der Waals surface area (Å²) in [5.41, 5.74) is 2.24. The molecule has 5 amide bonds. The number of rotatable bonds is 19. The van der Waals surface area contributed by atoms with Gasteiger partial charge < -0.3 is 29.2 Å². The molecule has 0 aliphatic carbocycles. The maximum absolute atomic E-state index is 13.3. The number of hydrogen-bond donors (Lipinski definition) is 2. The number of piperazine rings is 1. The Kier molecular flexibility index (Phi) is 15.1. The van der Waals surface area contributed by atoms with Gasteiger partial charge in [-0.15, -0.1) is 0 Å². The molecule has 0 saturated carbocycles. The molecule has 64 heavy (non-hydrogen) atoms. The van der Waals surface area contributed by atoms with Crippen LogP contribution in [-0.2, 0) is 14.4 Å². The van der Waals surface area contributed by atoms with Crippen LogP contribution in [0.5, 0.6) is 23.0 Å². The summed E-state index contributed by atoms with van der Waals surface area (Å²) in [6.07, 6.45) is 7.15. The van der Waals surface area contributed by atoms with Crippen LogP contribution >= 0.6 is 23.2 Å². The Hall–Kier alpha value is -6.15. The van der Waals surface area contributed by atoms with Gasteiger partial charge in [0.05, 0.1) is 71.1 Å². The van der Waals surface area contributed by atoms with Crippen LogP contribution in [0.3, 0.4) is 0 Å². The average Bonchev–Trinajstić information content (AvgIpc) is 3.55. The molecule has 2 N–H and O–H groups in total. The van der Waals surface area contributed by atoms with Crippen molar-refractivity contribution in [1.29, 1.82) is 5.26 Å². The van der Waals surface area contributed by atoms with Crippen molar-refractivity contribution in [3.05, 3.63) is 75.4 Å².